The minimum absolute atomic E-state index is 0.0839. The molecule has 0 bridgehead atoms. The molecule has 0 aliphatic carbocycles. The second kappa shape index (κ2) is 7.03. The van der Waals surface area contributed by atoms with E-state index in [0.717, 1.165) is 5.56 Å². The summed E-state index contributed by atoms with van der Waals surface area (Å²) < 4.78 is 32.1. The minimum Gasteiger partial charge on any atom is -0.398 e. The van der Waals surface area contributed by atoms with Crippen molar-refractivity contribution in [3.63, 3.8) is 0 Å². The van der Waals surface area contributed by atoms with E-state index in [4.69, 9.17) is 15.6 Å². The van der Waals surface area contributed by atoms with Crippen LogP contribution in [0.25, 0.3) is 0 Å². The van der Waals surface area contributed by atoms with Crippen molar-refractivity contribution < 1.29 is 18.3 Å². The lowest BCUT2D eigenvalue weighted by atomic mass is 10.1. The highest BCUT2D eigenvalue weighted by Gasteiger charge is 2.21. The summed E-state index contributed by atoms with van der Waals surface area (Å²) in [5, 5.41) is 8.56. The first-order valence-electron chi connectivity index (χ1n) is 6.35. The number of anilines is 1. The van der Waals surface area contributed by atoms with Crippen LogP contribution < -0.4 is 10.5 Å². The molecule has 0 saturated heterocycles. The summed E-state index contributed by atoms with van der Waals surface area (Å²) >= 11 is 0. The minimum atomic E-state index is -3.62. The van der Waals surface area contributed by atoms with E-state index in [1.165, 1.54) is 0 Å². The number of nitrogens with one attached hydrogen (secondary N) is 1. The number of ether oxygens (including phenoxy) is 1. The molecule has 6 nitrogen and oxygen atoms in total. The summed E-state index contributed by atoms with van der Waals surface area (Å²) in [5.74, 6) is 0. The maximum absolute atomic E-state index is 12.3. The highest BCUT2D eigenvalue weighted by atomic mass is 32.2. The van der Waals surface area contributed by atoms with Gasteiger partial charge in [-0.2, -0.15) is 0 Å². The van der Waals surface area contributed by atoms with Crippen molar-refractivity contribution in [2.45, 2.75) is 25.7 Å². The largest absolute Gasteiger partial charge is 0.398 e. The van der Waals surface area contributed by atoms with Gasteiger partial charge in [0.2, 0.25) is 10.0 Å². The number of aliphatic hydroxyl groups excluding tert-OH is 1. The Labute approximate surface area is 120 Å². The molecule has 0 heterocycles. The molecule has 0 fully saturated rings. The van der Waals surface area contributed by atoms with Crippen molar-refractivity contribution in [3.8, 4) is 0 Å². The van der Waals surface area contributed by atoms with E-state index in [9.17, 15) is 8.42 Å². The Balaban J connectivity index is 2.91. The molecule has 0 spiro atoms. The average Bonchev–Trinajstić information content (AvgIpc) is 2.35. The van der Waals surface area contributed by atoms with Crippen molar-refractivity contribution in [3.05, 3.63) is 22.8 Å². The first kappa shape index (κ1) is 16.9. The number of nitrogen functional groups attached to an aromatic ring is 1. The maximum Gasteiger partial charge on any atom is 0.241 e. The van der Waals surface area contributed by atoms with Crippen LogP contribution in [0.15, 0.2) is 11.0 Å². The van der Waals surface area contributed by atoms with Gasteiger partial charge in [-0.25, -0.2) is 13.1 Å². The van der Waals surface area contributed by atoms with Gasteiger partial charge in [-0.1, -0.05) is 6.07 Å². The predicted octanol–water partition coefficient (Wildman–Crippen LogP) is 0.481. The molecule has 7 heteroatoms. The predicted molar refractivity (Wildman–Crippen MR) is 78.2 cm³/mol. The zero-order valence-corrected chi connectivity index (χ0v) is 12.9. The monoisotopic (exact) mass is 302 g/mol. The molecule has 0 aromatic heterocycles. The van der Waals surface area contributed by atoms with E-state index in [0.29, 0.717) is 16.8 Å². The maximum atomic E-state index is 12.3. The molecule has 1 aromatic rings. The highest BCUT2D eigenvalue weighted by molar-refractivity contribution is 7.89. The third kappa shape index (κ3) is 3.92. The van der Waals surface area contributed by atoms with Crippen LogP contribution in [0.4, 0.5) is 5.69 Å². The van der Waals surface area contributed by atoms with E-state index in [-0.39, 0.29) is 31.3 Å². The molecule has 0 amide bonds. The lowest BCUT2D eigenvalue weighted by Crippen LogP contribution is -2.29. The van der Waals surface area contributed by atoms with Crippen LogP contribution in [0.3, 0.4) is 0 Å². The number of hydrogen-bond acceptors (Lipinski definition) is 5. The number of benzene rings is 1. The molecule has 0 atom stereocenters. The lowest BCUT2D eigenvalue weighted by Gasteiger charge is -2.15. The Bertz CT molecular complexity index is 570. The van der Waals surface area contributed by atoms with E-state index in [1.54, 1.807) is 19.9 Å². The fourth-order valence-corrected chi connectivity index (χ4v) is 3.57. The molecule has 4 N–H and O–H groups in total. The fraction of sp³-hybridized carbons (Fsp3) is 0.538. The zero-order valence-electron chi connectivity index (χ0n) is 12.1. The summed E-state index contributed by atoms with van der Waals surface area (Å²) in [6, 6.07) is 1.76. The smallest absolute Gasteiger partial charge is 0.241 e. The van der Waals surface area contributed by atoms with E-state index in [1.807, 2.05) is 6.92 Å². The first-order valence-corrected chi connectivity index (χ1v) is 7.84. The molecule has 1 aromatic carbocycles. The summed E-state index contributed by atoms with van der Waals surface area (Å²) in [7, 11) is -3.62. The van der Waals surface area contributed by atoms with Gasteiger partial charge in [-0.15, -0.1) is 0 Å². The van der Waals surface area contributed by atoms with Crippen LogP contribution >= 0.6 is 0 Å². The molecular formula is C13H22N2O4S. The molecule has 1 rings (SSSR count). The molecule has 0 saturated carbocycles. The molecule has 0 aliphatic heterocycles. The van der Waals surface area contributed by atoms with Gasteiger partial charge in [0.05, 0.1) is 24.7 Å². The molecule has 0 radical (unpaired) electrons. The van der Waals surface area contributed by atoms with Gasteiger partial charge in [0.25, 0.3) is 0 Å². The average molecular weight is 302 g/mol. The second-order valence-electron chi connectivity index (χ2n) is 4.61. The lowest BCUT2D eigenvalue weighted by molar-refractivity contribution is 0.0961. The molecular weight excluding hydrogens is 280 g/mol. The molecule has 0 unspecified atom stereocenters. The standard InChI is InChI=1S/C13H22N2O4S/c1-9-8-10(2)13(11(3)12(9)14)20(17,18)15-4-6-19-7-5-16/h8,15-16H,4-7,14H2,1-3H3. The number of rotatable bonds is 7. The number of aryl methyl sites for hydroxylation is 2. The molecule has 20 heavy (non-hydrogen) atoms. The first-order chi connectivity index (χ1) is 9.31. The zero-order chi connectivity index (χ0) is 15.3. The third-order valence-electron chi connectivity index (χ3n) is 3.00. The Hall–Kier alpha value is -1.15. The van der Waals surface area contributed by atoms with E-state index >= 15 is 0 Å². The number of hydrogen-bond donors (Lipinski definition) is 3. The Kier molecular flexibility index (Phi) is 5.94. The van der Waals surface area contributed by atoms with Gasteiger partial charge in [0, 0.05) is 12.2 Å². The van der Waals surface area contributed by atoms with Gasteiger partial charge in [-0.05, 0) is 37.5 Å². The highest BCUT2D eigenvalue weighted by Crippen LogP contribution is 2.27. The van der Waals surface area contributed by atoms with Crippen molar-refractivity contribution >= 4 is 15.7 Å². The van der Waals surface area contributed by atoms with Gasteiger partial charge in [0.1, 0.15) is 0 Å². The summed E-state index contributed by atoms with van der Waals surface area (Å²) in [6.45, 7) is 5.76. The van der Waals surface area contributed by atoms with Crippen LogP contribution in [0, 0.1) is 20.8 Å². The number of aliphatic hydroxyl groups is 1. The van der Waals surface area contributed by atoms with Crippen LogP contribution in [0.2, 0.25) is 0 Å². The quantitative estimate of drug-likeness (QED) is 0.502. The van der Waals surface area contributed by atoms with Gasteiger partial charge < -0.3 is 15.6 Å². The summed E-state index contributed by atoms with van der Waals surface area (Å²) in [5.41, 5.74) is 8.48. The summed E-state index contributed by atoms with van der Waals surface area (Å²) in [6.07, 6.45) is 0. The van der Waals surface area contributed by atoms with Crippen molar-refractivity contribution in [1.29, 1.82) is 0 Å². The van der Waals surface area contributed by atoms with Crippen LogP contribution in [0.1, 0.15) is 16.7 Å². The number of sulfonamides is 1. The van der Waals surface area contributed by atoms with Crippen molar-refractivity contribution in [2.24, 2.45) is 0 Å². The number of nitrogens with two attached hydrogens (primary N) is 1. The third-order valence-corrected chi connectivity index (χ3v) is 4.75. The topological polar surface area (TPSA) is 102 Å². The van der Waals surface area contributed by atoms with Gasteiger partial charge >= 0.3 is 0 Å². The van der Waals surface area contributed by atoms with Crippen LogP contribution in [-0.2, 0) is 14.8 Å². The Morgan fingerprint density at radius 3 is 2.50 bits per heavy atom. The fourth-order valence-electron chi connectivity index (χ4n) is 2.08. The van der Waals surface area contributed by atoms with Gasteiger partial charge in [-0.3, -0.25) is 0 Å². The van der Waals surface area contributed by atoms with Crippen LogP contribution in [-0.4, -0.2) is 39.9 Å². The van der Waals surface area contributed by atoms with Crippen molar-refractivity contribution in [2.75, 3.05) is 32.1 Å². The Morgan fingerprint density at radius 2 is 1.90 bits per heavy atom. The van der Waals surface area contributed by atoms with Crippen LogP contribution in [0.5, 0.6) is 0 Å². The summed E-state index contributed by atoms with van der Waals surface area (Å²) in [4.78, 5) is 0.225. The van der Waals surface area contributed by atoms with Gasteiger partial charge in [0.15, 0.2) is 0 Å². The van der Waals surface area contributed by atoms with E-state index < -0.39 is 10.0 Å². The Morgan fingerprint density at radius 1 is 1.25 bits per heavy atom. The molecule has 0 aliphatic rings. The van der Waals surface area contributed by atoms with Crippen molar-refractivity contribution in [1.82, 2.24) is 4.72 Å². The second-order valence-corrected chi connectivity index (χ2v) is 6.32. The molecule has 114 valence electrons. The SMILES string of the molecule is Cc1cc(C)c(S(=O)(=O)NCCOCCO)c(C)c1N. The van der Waals surface area contributed by atoms with E-state index in [2.05, 4.69) is 4.72 Å². The normalized spacial score (nSPS) is 11.8.